The summed E-state index contributed by atoms with van der Waals surface area (Å²) >= 11 is 0. The summed E-state index contributed by atoms with van der Waals surface area (Å²) in [5.41, 5.74) is 2.72. The average Bonchev–Trinajstić information content (AvgIpc) is 3.50. The fourth-order valence-electron chi connectivity index (χ4n) is 3.54. The first kappa shape index (κ1) is 23.8. The van der Waals surface area contributed by atoms with Crippen LogP contribution in [0, 0.1) is 0 Å². The standard InChI is InChI=1S/C22H26N6O3.HI/c1-23-22(28-10-8-27(9-11-28)16-19-7-13-31-26-19)24-15-17-4-2-5-18(14-17)25-21(29)20-6-3-12-30-20;/h2-7,12-14H,8-11,15-16H2,1H3,(H,23,24)(H,25,29);1H. The predicted molar refractivity (Wildman–Crippen MR) is 132 cm³/mol. The summed E-state index contributed by atoms with van der Waals surface area (Å²) in [5, 5.41) is 10.3. The van der Waals surface area contributed by atoms with Crippen LogP contribution in [0.2, 0.25) is 0 Å². The molecule has 1 aliphatic rings. The van der Waals surface area contributed by atoms with Gasteiger partial charge in [0.2, 0.25) is 0 Å². The number of benzene rings is 1. The zero-order valence-electron chi connectivity index (χ0n) is 17.9. The van der Waals surface area contributed by atoms with Gasteiger partial charge in [0, 0.05) is 58.1 Å². The van der Waals surface area contributed by atoms with Crippen molar-refractivity contribution in [3.05, 3.63) is 72.0 Å². The zero-order valence-corrected chi connectivity index (χ0v) is 20.2. The second kappa shape index (κ2) is 11.7. The van der Waals surface area contributed by atoms with Gasteiger partial charge < -0.3 is 24.5 Å². The Morgan fingerprint density at radius 2 is 1.97 bits per heavy atom. The van der Waals surface area contributed by atoms with Crippen molar-refractivity contribution in [3.8, 4) is 0 Å². The second-order valence-electron chi connectivity index (χ2n) is 7.29. The molecule has 0 spiro atoms. The third-order valence-electron chi connectivity index (χ3n) is 5.14. The first-order chi connectivity index (χ1) is 15.2. The Balaban J connectivity index is 0.00000289. The molecular weight excluding hydrogens is 523 g/mol. The summed E-state index contributed by atoms with van der Waals surface area (Å²) in [5.74, 6) is 0.882. The lowest BCUT2D eigenvalue weighted by atomic mass is 10.2. The maximum absolute atomic E-state index is 12.2. The van der Waals surface area contributed by atoms with Crippen molar-refractivity contribution in [2.45, 2.75) is 13.1 Å². The number of furan rings is 1. The molecule has 0 unspecified atom stereocenters. The van der Waals surface area contributed by atoms with Gasteiger partial charge in [-0.25, -0.2) is 0 Å². The lowest BCUT2D eigenvalue weighted by Crippen LogP contribution is -2.52. The van der Waals surface area contributed by atoms with E-state index in [9.17, 15) is 4.79 Å². The highest BCUT2D eigenvalue weighted by Crippen LogP contribution is 2.13. The maximum atomic E-state index is 12.2. The minimum Gasteiger partial charge on any atom is -0.459 e. The molecule has 170 valence electrons. The van der Waals surface area contributed by atoms with Crippen molar-refractivity contribution in [1.82, 2.24) is 20.3 Å². The van der Waals surface area contributed by atoms with Gasteiger partial charge in [0.1, 0.15) is 6.26 Å². The molecule has 1 saturated heterocycles. The van der Waals surface area contributed by atoms with Gasteiger partial charge in [0.05, 0.1) is 12.0 Å². The molecule has 3 aromatic rings. The smallest absolute Gasteiger partial charge is 0.291 e. The summed E-state index contributed by atoms with van der Waals surface area (Å²) in [6.45, 7) is 5.04. The van der Waals surface area contributed by atoms with Crippen LogP contribution in [-0.2, 0) is 13.1 Å². The number of hydrogen-bond donors (Lipinski definition) is 2. The van der Waals surface area contributed by atoms with Crippen molar-refractivity contribution in [2.24, 2.45) is 4.99 Å². The van der Waals surface area contributed by atoms with Gasteiger partial charge in [-0.3, -0.25) is 14.7 Å². The van der Waals surface area contributed by atoms with Gasteiger partial charge in [-0.15, -0.1) is 24.0 Å². The van der Waals surface area contributed by atoms with Crippen molar-refractivity contribution >= 4 is 41.5 Å². The van der Waals surface area contributed by atoms with Crippen molar-refractivity contribution in [3.63, 3.8) is 0 Å². The van der Waals surface area contributed by atoms with Gasteiger partial charge >= 0.3 is 0 Å². The van der Waals surface area contributed by atoms with Gasteiger partial charge in [-0.1, -0.05) is 17.3 Å². The average molecular weight is 550 g/mol. The number of halogens is 1. The van der Waals surface area contributed by atoms with E-state index < -0.39 is 0 Å². The van der Waals surface area contributed by atoms with E-state index in [1.165, 1.54) is 6.26 Å². The van der Waals surface area contributed by atoms with E-state index >= 15 is 0 Å². The van der Waals surface area contributed by atoms with E-state index in [1.807, 2.05) is 30.3 Å². The third-order valence-corrected chi connectivity index (χ3v) is 5.14. The molecular formula is C22H27IN6O3. The quantitative estimate of drug-likeness (QED) is 0.277. The van der Waals surface area contributed by atoms with Crippen LogP contribution in [0.5, 0.6) is 0 Å². The Labute approximate surface area is 203 Å². The molecule has 3 heterocycles. The molecule has 2 N–H and O–H groups in total. The van der Waals surface area contributed by atoms with Gasteiger partial charge in [0.25, 0.3) is 5.91 Å². The van der Waals surface area contributed by atoms with Crippen molar-refractivity contribution in [2.75, 3.05) is 38.5 Å². The number of rotatable bonds is 6. The lowest BCUT2D eigenvalue weighted by molar-refractivity contribution is 0.0996. The highest BCUT2D eigenvalue weighted by molar-refractivity contribution is 14.0. The van der Waals surface area contributed by atoms with E-state index in [1.54, 1.807) is 25.4 Å². The molecule has 9 nitrogen and oxygen atoms in total. The monoisotopic (exact) mass is 550 g/mol. The van der Waals surface area contributed by atoms with E-state index in [0.29, 0.717) is 6.54 Å². The van der Waals surface area contributed by atoms with E-state index in [4.69, 9.17) is 8.94 Å². The molecule has 1 fully saturated rings. The molecule has 1 amide bonds. The Morgan fingerprint density at radius 3 is 2.66 bits per heavy atom. The number of anilines is 1. The predicted octanol–water partition coefficient (Wildman–Crippen LogP) is 3.03. The summed E-state index contributed by atoms with van der Waals surface area (Å²) in [7, 11) is 1.80. The molecule has 0 radical (unpaired) electrons. The molecule has 0 atom stereocenters. The number of aliphatic imine (C=N–C) groups is 1. The Morgan fingerprint density at radius 1 is 1.12 bits per heavy atom. The van der Waals surface area contributed by atoms with E-state index in [-0.39, 0.29) is 35.6 Å². The number of nitrogens with one attached hydrogen (secondary N) is 2. The number of piperazine rings is 1. The maximum Gasteiger partial charge on any atom is 0.291 e. The number of nitrogens with zero attached hydrogens (tertiary/aromatic N) is 4. The van der Waals surface area contributed by atoms with Crippen LogP contribution in [-0.4, -0.2) is 60.0 Å². The topological polar surface area (TPSA) is 99.1 Å². The Kier molecular flexibility index (Phi) is 8.68. The molecule has 1 aliphatic heterocycles. The van der Waals surface area contributed by atoms with Crippen LogP contribution >= 0.6 is 24.0 Å². The van der Waals surface area contributed by atoms with Crippen LogP contribution in [0.25, 0.3) is 0 Å². The highest BCUT2D eigenvalue weighted by atomic mass is 127. The fourth-order valence-corrected chi connectivity index (χ4v) is 3.54. The summed E-state index contributed by atoms with van der Waals surface area (Å²) < 4.78 is 10.0. The summed E-state index contributed by atoms with van der Waals surface area (Å²) in [6, 6.07) is 13.0. The zero-order chi connectivity index (χ0) is 21.5. The molecule has 0 aliphatic carbocycles. The first-order valence-electron chi connectivity index (χ1n) is 10.2. The van der Waals surface area contributed by atoms with Gasteiger partial charge in [-0.2, -0.15) is 0 Å². The third kappa shape index (κ3) is 6.33. The van der Waals surface area contributed by atoms with Gasteiger partial charge in [0.15, 0.2) is 11.7 Å². The number of amides is 1. The van der Waals surface area contributed by atoms with Crippen LogP contribution in [0.4, 0.5) is 5.69 Å². The minimum atomic E-state index is -0.269. The molecule has 2 aromatic heterocycles. The summed E-state index contributed by atoms with van der Waals surface area (Å²) in [4.78, 5) is 21.2. The molecule has 4 rings (SSSR count). The minimum absolute atomic E-state index is 0. The number of hydrogen-bond acceptors (Lipinski definition) is 6. The molecule has 0 bridgehead atoms. The summed E-state index contributed by atoms with van der Waals surface area (Å²) in [6.07, 6.45) is 3.09. The molecule has 0 saturated carbocycles. The van der Waals surface area contributed by atoms with E-state index in [2.05, 4.69) is 30.6 Å². The highest BCUT2D eigenvalue weighted by Gasteiger charge is 2.20. The first-order valence-corrected chi connectivity index (χ1v) is 10.2. The van der Waals surface area contributed by atoms with Crippen LogP contribution in [0.3, 0.4) is 0 Å². The largest absolute Gasteiger partial charge is 0.459 e. The fraction of sp³-hybridized carbons (Fsp3) is 0.318. The Hall–Kier alpha value is -2.86. The Bertz CT molecular complexity index is 999. The molecule has 32 heavy (non-hydrogen) atoms. The second-order valence-corrected chi connectivity index (χ2v) is 7.29. The lowest BCUT2D eigenvalue weighted by Gasteiger charge is -2.36. The van der Waals surface area contributed by atoms with Crippen molar-refractivity contribution < 1.29 is 13.7 Å². The van der Waals surface area contributed by atoms with Gasteiger partial charge in [-0.05, 0) is 29.8 Å². The normalized spacial score (nSPS) is 14.7. The molecule has 10 heteroatoms. The SMILES string of the molecule is CN=C(NCc1cccc(NC(=O)c2ccco2)c1)N1CCN(Cc2ccon2)CC1.I. The number of carbonyl (C=O) groups is 1. The van der Waals surface area contributed by atoms with Crippen LogP contribution < -0.4 is 10.6 Å². The molecule has 1 aromatic carbocycles. The van der Waals surface area contributed by atoms with E-state index in [0.717, 1.165) is 55.6 Å². The van der Waals surface area contributed by atoms with Crippen LogP contribution in [0.15, 0.2) is 68.9 Å². The van der Waals surface area contributed by atoms with Crippen LogP contribution in [0.1, 0.15) is 21.8 Å². The number of guanidine groups is 1. The van der Waals surface area contributed by atoms with Crippen molar-refractivity contribution in [1.29, 1.82) is 0 Å². The number of carbonyl (C=O) groups excluding carboxylic acids is 1. The number of aromatic nitrogens is 1.